The van der Waals surface area contributed by atoms with Crippen molar-refractivity contribution < 1.29 is 0 Å². The summed E-state index contributed by atoms with van der Waals surface area (Å²) in [5.41, 5.74) is 10.1. The molecule has 5 nitrogen and oxygen atoms in total. The van der Waals surface area contributed by atoms with E-state index in [2.05, 4.69) is 102 Å². The van der Waals surface area contributed by atoms with Crippen molar-refractivity contribution >= 4 is 5.69 Å². The molecule has 2 aromatic carbocycles. The summed E-state index contributed by atoms with van der Waals surface area (Å²) in [6.07, 6.45) is 3.72. The maximum atomic E-state index is 4.95. The van der Waals surface area contributed by atoms with E-state index in [1.165, 1.54) is 39.3 Å². The summed E-state index contributed by atoms with van der Waals surface area (Å²) in [7, 11) is 2.14. The first-order chi connectivity index (χ1) is 15.6. The number of aromatic amines is 1. The van der Waals surface area contributed by atoms with Gasteiger partial charge < -0.3 is 9.80 Å². The second-order valence-electron chi connectivity index (χ2n) is 8.65. The van der Waals surface area contributed by atoms with Gasteiger partial charge in [-0.3, -0.25) is 10.1 Å². The molecule has 6 rings (SSSR count). The van der Waals surface area contributed by atoms with Gasteiger partial charge in [-0.25, -0.2) is 0 Å². The summed E-state index contributed by atoms with van der Waals surface area (Å²) in [6.45, 7) is 5.22. The molecule has 0 amide bonds. The van der Waals surface area contributed by atoms with Crippen LogP contribution in [0.15, 0.2) is 90.5 Å². The molecule has 0 saturated carbocycles. The van der Waals surface area contributed by atoms with Crippen molar-refractivity contribution in [2.24, 2.45) is 0 Å². The number of nitrogens with zero attached hydrogens (tertiary/aromatic N) is 4. The minimum atomic E-state index is -0.544. The molecule has 5 heteroatoms. The number of aromatic nitrogens is 3. The smallest absolute Gasteiger partial charge is 0.105 e. The molecule has 1 atom stereocenters. The quantitative estimate of drug-likeness (QED) is 0.441. The zero-order valence-electron chi connectivity index (χ0n) is 18.5. The highest BCUT2D eigenvalue weighted by atomic mass is 15.4. The zero-order chi connectivity index (χ0) is 21.9. The first-order valence-corrected chi connectivity index (χ1v) is 10.9. The van der Waals surface area contributed by atoms with E-state index in [4.69, 9.17) is 4.98 Å². The fraction of sp³-hybridized carbons (Fsp3) is 0.185. The van der Waals surface area contributed by atoms with Crippen LogP contribution in [0.4, 0.5) is 5.69 Å². The van der Waals surface area contributed by atoms with E-state index in [1.54, 1.807) is 0 Å². The number of rotatable bonds is 3. The van der Waals surface area contributed by atoms with Crippen LogP contribution in [0.1, 0.15) is 36.4 Å². The van der Waals surface area contributed by atoms with Gasteiger partial charge in [0.25, 0.3) is 0 Å². The lowest BCUT2D eigenvalue weighted by Gasteiger charge is -2.32. The third kappa shape index (κ3) is 2.39. The lowest BCUT2D eigenvalue weighted by atomic mass is 9.72. The topological polar surface area (TPSA) is 48.1 Å². The van der Waals surface area contributed by atoms with Crippen LogP contribution in [0.3, 0.4) is 0 Å². The van der Waals surface area contributed by atoms with Crippen molar-refractivity contribution in [1.82, 2.24) is 20.1 Å². The van der Waals surface area contributed by atoms with E-state index in [1.807, 2.05) is 18.5 Å². The molecule has 0 bridgehead atoms. The number of nitrogens with one attached hydrogen (secondary N) is 1. The van der Waals surface area contributed by atoms with E-state index in [9.17, 15) is 0 Å². The van der Waals surface area contributed by atoms with Gasteiger partial charge in [-0.2, -0.15) is 5.10 Å². The van der Waals surface area contributed by atoms with E-state index < -0.39 is 5.41 Å². The summed E-state index contributed by atoms with van der Waals surface area (Å²) < 4.78 is 0. The van der Waals surface area contributed by atoms with E-state index >= 15 is 0 Å². The Hall–Kier alpha value is -3.86. The van der Waals surface area contributed by atoms with Crippen LogP contribution in [-0.4, -0.2) is 33.8 Å². The van der Waals surface area contributed by atoms with Crippen LogP contribution in [0.2, 0.25) is 0 Å². The molecule has 2 aliphatic rings. The molecule has 1 N–H and O–H groups in total. The van der Waals surface area contributed by atoms with Gasteiger partial charge in [0, 0.05) is 42.1 Å². The summed E-state index contributed by atoms with van der Waals surface area (Å²) in [6, 6.07) is 23.8. The largest absolute Gasteiger partial charge is 0.359 e. The molecule has 1 aliphatic heterocycles. The van der Waals surface area contributed by atoms with Crippen LogP contribution in [0, 0.1) is 0 Å². The molecule has 4 aromatic rings. The van der Waals surface area contributed by atoms with Crippen molar-refractivity contribution in [2.45, 2.75) is 19.3 Å². The van der Waals surface area contributed by atoms with Gasteiger partial charge in [0.05, 0.1) is 18.1 Å². The Morgan fingerprint density at radius 3 is 2.50 bits per heavy atom. The maximum Gasteiger partial charge on any atom is 0.105 e. The van der Waals surface area contributed by atoms with Gasteiger partial charge in [0.15, 0.2) is 0 Å². The van der Waals surface area contributed by atoms with Gasteiger partial charge in [-0.05, 0) is 54.8 Å². The van der Waals surface area contributed by atoms with Crippen molar-refractivity contribution in [3.05, 3.63) is 113 Å². The number of hydrogen-bond acceptors (Lipinski definition) is 4. The highest BCUT2D eigenvalue weighted by molar-refractivity contribution is 5.84. The van der Waals surface area contributed by atoms with Crippen molar-refractivity contribution in [3.63, 3.8) is 0 Å². The highest BCUT2D eigenvalue weighted by Gasteiger charge is 2.48. The molecule has 1 aliphatic carbocycles. The Labute approximate surface area is 188 Å². The fourth-order valence-corrected chi connectivity index (χ4v) is 5.36. The fourth-order valence-electron chi connectivity index (χ4n) is 5.36. The maximum absolute atomic E-state index is 4.95. The summed E-state index contributed by atoms with van der Waals surface area (Å²) in [5.74, 6) is 0. The second kappa shape index (κ2) is 6.82. The van der Waals surface area contributed by atoms with Crippen molar-refractivity contribution in [2.75, 3.05) is 18.6 Å². The number of hydrogen-bond donors (Lipinski definition) is 1. The number of pyridine rings is 1. The summed E-state index contributed by atoms with van der Waals surface area (Å²) in [5, 5.41) is 7.63. The molecule has 1 unspecified atom stereocenters. The Kier molecular flexibility index (Phi) is 4.02. The second-order valence-corrected chi connectivity index (χ2v) is 8.65. The molecule has 3 heterocycles. The lowest BCUT2D eigenvalue weighted by Crippen LogP contribution is -2.31. The highest BCUT2D eigenvalue weighted by Crippen LogP contribution is 2.54. The molecule has 0 spiro atoms. The summed E-state index contributed by atoms with van der Waals surface area (Å²) in [4.78, 5) is 9.61. The van der Waals surface area contributed by atoms with E-state index in [0.717, 1.165) is 18.1 Å². The van der Waals surface area contributed by atoms with Crippen molar-refractivity contribution in [1.29, 1.82) is 0 Å². The molecular formula is C27H25N5. The number of allylic oxidation sites excluding steroid dienone is 2. The standard InChI is InChI=1S/C27H25N5/c1-18-19(2)32(17-31(18)3)21-9-6-8-20(16-21)27(25-13-15-29-30-25)24-12-5-4-10-22(24)23-11-7-14-28-26(23)27/h4-16H,17H2,1-3H3,(H,29,30). The van der Waals surface area contributed by atoms with Crippen LogP contribution in [0.5, 0.6) is 0 Å². The van der Waals surface area contributed by atoms with Gasteiger partial charge >= 0.3 is 0 Å². The predicted octanol–water partition coefficient (Wildman–Crippen LogP) is 5.13. The first kappa shape index (κ1) is 18.9. The molecule has 0 radical (unpaired) electrons. The van der Waals surface area contributed by atoms with Gasteiger partial charge in [0.1, 0.15) is 5.41 Å². The minimum absolute atomic E-state index is 0.544. The molecular weight excluding hydrogens is 394 g/mol. The van der Waals surface area contributed by atoms with Crippen molar-refractivity contribution in [3.8, 4) is 11.1 Å². The third-order valence-electron chi connectivity index (χ3n) is 7.13. The molecule has 32 heavy (non-hydrogen) atoms. The third-order valence-corrected chi connectivity index (χ3v) is 7.13. The normalized spacial score (nSPS) is 19.5. The Morgan fingerprint density at radius 1 is 0.875 bits per heavy atom. The van der Waals surface area contributed by atoms with Crippen LogP contribution in [0.25, 0.3) is 11.1 Å². The van der Waals surface area contributed by atoms with E-state index in [0.29, 0.717) is 0 Å². The Balaban J connectivity index is 1.64. The Bertz CT molecular complexity index is 1310. The molecule has 2 aromatic heterocycles. The van der Waals surface area contributed by atoms with Gasteiger partial charge in [-0.15, -0.1) is 0 Å². The number of benzene rings is 2. The first-order valence-electron chi connectivity index (χ1n) is 10.9. The summed E-state index contributed by atoms with van der Waals surface area (Å²) >= 11 is 0. The average molecular weight is 420 g/mol. The number of anilines is 1. The monoisotopic (exact) mass is 419 g/mol. The SMILES string of the molecule is CC1=C(C)N(c2cccc(C3(c4ccn[nH]4)c4ccccc4-c4cccnc43)c2)CN1C. The lowest BCUT2D eigenvalue weighted by molar-refractivity contribution is 0.460. The molecule has 0 saturated heterocycles. The van der Waals surface area contributed by atoms with Crippen LogP contribution < -0.4 is 4.90 Å². The Morgan fingerprint density at radius 2 is 1.72 bits per heavy atom. The van der Waals surface area contributed by atoms with Crippen LogP contribution in [-0.2, 0) is 5.41 Å². The minimum Gasteiger partial charge on any atom is -0.359 e. The number of H-pyrrole nitrogens is 1. The van der Waals surface area contributed by atoms with Gasteiger partial charge in [-0.1, -0.05) is 42.5 Å². The number of fused-ring (bicyclic) bond motifs is 3. The molecule has 158 valence electrons. The van der Waals surface area contributed by atoms with E-state index in [-0.39, 0.29) is 0 Å². The van der Waals surface area contributed by atoms with Crippen LogP contribution >= 0.6 is 0 Å². The predicted molar refractivity (Wildman–Crippen MR) is 127 cm³/mol. The van der Waals surface area contributed by atoms with Gasteiger partial charge in [0.2, 0.25) is 0 Å². The average Bonchev–Trinajstić information content (AvgIpc) is 3.53. The molecule has 0 fully saturated rings. The zero-order valence-corrected chi connectivity index (χ0v) is 18.5.